The average Bonchev–Trinajstić information content (AvgIpc) is 2.82. The lowest BCUT2D eigenvalue weighted by Gasteiger charge is -2.31. The Kier molecular flexibility index (Phi) is 4.20. The van der Waals surface area contributed by atoms with Crippen molar-refractivity contribution in [3.8, 4) is 0 Å². The van der Waals surface area contributed by atoms with Gasteiger partial charge < -0.3 is 25.4 Å². The minimum atomic E-state index is -1.07. The number of aliphatic carboxylic acids is 1. The van der Waals surface area contributed by atoms with E-state index in [1.54, 1.807) is 0 Å². The molecule has 0 spiro atoms. The third kappa shape index (κ3) is 3.57. The summed E-state index contributed by atoms with van der Waals surface area (Å²) in [5.41, 5.74) is 0. The zero-order valence-corrected chi connectivity index (χ0v) is 10.4. The zero-order chi connectivity index (χ0) is 13.8. The molecule has 3 N–H and O–H groups in total. The van der Waals surface area contributed by atoms with Crippen LogP contribution in [-0.2, 0) is 14.3 Å². The van der Waals surface area contributed by atoms with Crippen molar-refractivity contribution in [3.63, 3.8) is 0 Å². The minimum absolute atomic E-state index is 0.00318. The lowest BCUT2D eigenvalue weighted by Crippen LogP contribution is -2.53. The Morgan fingerprint density at radius 1 is 1.53 bits per heavy atom. The summed E-state index contributed by atoms with van der Waals surface area (Å²) < 4.78 is 5.03. The van der Waals surface area contributed by atoms with Crippen LogP contribution in [0.4, 0.5) is 4.79 Å². The number of carbonyl (C=O) groups excluding carboxylic acids is 2. The van der Waals surface area contributed by atoms with Crippen LogP contribution >= 0.6 is 0 Å². The predicted molar refractivity (Wildman–Crippen MR) is 63.5 cm³/mol. The maximum Gasteiger partial charge on any atom is 0.334 e. The molecule has 0 aliphatic carbocycles. The van der Waals surface area contributed by atoms with Crippen molar-refractivity contribution in [3.05, 3.63) is 0 Å². The molecular weight excluding hydrogens is 254 g/mol. The Balaban J connectivity index is 1.76. The second kappa shape index (κ2) is 5.87. The normalized spacial score (nSPS) is 26.9. The number of hydrogen-bond donors (Lipinski definition) is 3. The summed E-state index contributed by atoms with van der Waals surface area (Å²) in [7, 11) is 0. The van der Waals surface area contributed by atoms with Gasteiger partial charge in [-0.3, -0.25) is 4.79 Å². The third-order valence-corrected chi connectivity index (χ3v) is 3.21. The Bertz CT molecular complexity index is 387. The summed E-state index contributed by atoms with van der Waals surface area (Å²) in [6.07, 6.45) is 0.227. The number of rotatable bonds is 3. The topological polar surface area (TPSA) is 108 Å². The molecule has 2 heterocycles. The Morgan fingerprint density at radius 2 is 2.32 bits per heavy atom. The van der Waals surface area contributed by atoms with Crippen molar-refractivity contribution >= 4 is 17.9 Å². The number of ether oxygens (including phenoxy) is 1. The molecule has 0 radical (unpaired) electrons. The first-order valence-electron chi connectivity index (χ1n) is 6.23. The molecule has 0 aromatic carbocycles. The van der Waals surface area contributed by atoms with E-state index >= 15 is 0 Å². The van der Waals surface area contributed by atoms with Crippen LogP contribution in [0, 0.1) is 0 Å². The molecule has 0 aromatic rings. The highest BCUT2D eigenvalue weighted by Crippen LogP contribution is 2.07. The Labute approximate surface area is 110 Å². The molecule has 0 saturated carbocycles. The minimum Gasteiger partial charge on any atom is -0.479 e. The van der Waals surface area contributed by atoms with Crippen LogP contribution in [0.5, 0.6) is 0 Å². The maximum atomic E-state index is 11.9. The first kappa shape index (κ1) is 13.6. The molecule has 106 valence electrons. The Hall–Kier alpha value is -1.83. The van der Waals surface area contributed by atoms with Gasteiger partial charge in [-0.15, -0.1) is 0 Å². The molecule has 2 rings (SSSR count). The molecule has 2 aliphatic rings. The molecule has 2 unspecified atom stereocenters. The van der Waals surface area contributed by atoms with Crippen molar-refractivity contribution in [1.82, 2.24) is 15.5 Å². The van der Waals surface area contributed by atoms with E-state index in [-0.39, 0.29) is 31.1 Å². The van der Waals surface area contributed by atoms with Gasteiger partial charge in [-0.05, 0) is 6.42 Å². The molecule has 0 aromatic heterocycles. The van der Waals surface area contributed by atoms with Gasteiger partial charge in [0, 0.05) is 25.6 Å². The van der Waals surface area contributed by atoms with Crippen LogP contribution in [-0.4, -0.2) is 66.3 Å². The van der Waals surface area contributed by atoms with Crippen LogP contribution in [0.15, 0.2) is 0 Å². The largest absolute Gasteiger partial charge is 0.479 e. The van der Waals surface area contributed by atoms with Crippen LogP contribution in [0.1, 0.15) is 12.8 Å². The standard InChI is InChI=1S/C11H17N3O5/c15-9-2-1-7(13-9)5-12-11(18)14-3-4-19-8(6-14)10(16)17/h7-8H,1-6H2,(H,12,18)(H,13,15)(H,16,17). The summed E-state index contributed by atoms with van der Waals surface area (Å²) >= 11 is 0. The van der Waals surface area contributed by atoms with Gasteiger partial charge in [-0.1, -0.05) is 0 Å². The number of urea groups is 1. The van der Waals surface area contributed by atoms with Crippen molar-refractivity contribution in [2.24, 2.45) is 0 Å². The van der Waals surface area contributed by atoms with Crippen molar-refractivity contribution in [2.45, 2.75) is 25.0 Å². The van der Waals surface area contributed by atoms with Gasteiger partial charge in [0.15, 0.2) is 6.10 Å². The van der Waals surface area contributed by atoms with Gasteiger partial charge in [0.2, 0.25) is 5.91 Å². The molecule has 8 heteroatoms. The molecular formula is C11H17N3O5. The highest BCUT2D eigenvalue weighted by Gasteiger charge is 2.29. The highest BCUT2D eigenvalue weighted by molar-refractivity contribution is 5.79. The van der Waals surface area contributed by atoms with Gasteiger partial charge in [-0.2, -0.15) is 0 Å². The second-order valence-electron chi connectivity index (χ2n) is 4.63. The van der Waals surface area contributed by atoms with E-state index in [0.717, 1.165) is 0 Å². The fourth-order valence-electron chi connectivity index (χ4n) is 2.14. The smallest absolute Gasteiger partial charge is 0.334 e. The summed E-state index contributed by atoms with van der Waals surface area (Å²) in [5, 5.41) is 14.3. The fraction of sp³-hybridized carbons (Fsp3) is 0.727. The lowest BCUT2D eigenvalue weighted by atomic mass is 10.2. The summed E-state index contributed by atoms with van der Waals surface area (Å²) in [6, 6.07) is -0.358. The van der Waals surface area contributed by atoms with E-state index in [9.17, 15) is 14.4 Å². The Morgan fingerprint density at radius 3 is 2.95 bits per heavy atom. The van der Waals surface area contributed by atoms with Gasteiger partial charge in [0.25, 0.3) is 0 Å². The summed E-state index contributed by atoms with van der Waals surface area (Å²) in [4.78, 5) is 35.1. The average molecular weight is 271 g/mol. The molecule has 2 fully saturated rings. The zero-order valence-electron chi connectivity index (χ0n) is 10.4. The molecule has 2 saturated heterocycles. The van der Waals surface area contributed by atoms with E-state index in [1.165, 1.54) is 4.90 Å². The second-order valence-corrected chi connectivity index (χ2v) is 4.63. The summed E-state index contributed by atoms with van der Waals surface area (Å²) in [5.74, 6) is -1.07. The van der Waals surface area contributed by atoms with Crippen LogP contribution in [0.25, 0.3) is 0 Å². The van der Waals surface area contributed by atoms with Crippen LogP contribution in [0.2, 0.25) is 0 Å². The predicted octanol–water partition coefficient (Wildman–Crippen LogP) is -1.24. The molecule has 8 nitrogen and oxygen atoms in total. The van der Waals surface area contributed by atoms with E-state index in [0.29, 0.717) is 25.9 Å². The maximum absolute atomic E-state index is 11.9. The van der Waals surface area contributed by atoms with E-state index in [1.807, 2.05) is 0 Å². The molecule has 19 heavy (non-hydrogen) atoms. The van der Waals surface area contributed by atoms with E-state index < -0.39 is 12.1 Å². The number of carboxylic acid groups (broad SMARTS) is 1. The van der Waals surface area contributed by atoms with E-state index in [4.69, 9.17) is 9.84 Å². The molecule has 0 bridgehead atoms. The number of hydrogen-bond acceptors (Lipinski definition) is 4. The number of nitrogens with zero attached hydrogens (tertiary/aromatic N) is 1. The van der Waals surface area contributed by atoms with E-state index in [2.05, 4.69) is 10.6 Å². The fourth-order valence-corrected chi connectivity index (χ4v) is 2.14. The van der Waals surface area contributed by atoms with Gasteiger partial charge in [-0.25, -0.2) is 9.59 Å². The third-order valence-electron chi connectivity index (χ3n) is 3.21. The quantitative estimate of drug-likeness (QED) is 0.595. The van der Waals surface area contributed by atoms with Crippen molar-refractivity contribution in [1.29, 1.82) is 0 Å². The number of carboxylic acids is 1. The van der Waals surface area contributed by atoms with Crippen LogP contribution in [0.3, 0.4) is 0 Å². The molecule has 3 amide bonds. The SMILES string of the molecule is O=C1CCC(CNC(=O)N2CCOC(C(=O)O)C2)N1. The van der Waals surface area contributed by atoms with Gasteiger partial charge in [0.05, 0.1) is 13.2 Å². The number of carbonyl (C=O) groups is 3. The first-order chi connectivity index (χ1) is 9.06. The van der Waals surface area contributed by atoms with Crippen molar-refractivity contribution in [2.75, 3.05) is 26.2 Å². The number of nitrogens with one attached hydrogen (secondary N) is 2. The van der Waals surface area contributed by atoms with Crippen LogP contribution < -0.4 is 10.6 Å². The van der Waals surface area contributed by atoms with Gasteiger partial charge >= 0.3 is 12.0 Å². The molecule has 2 atom stereocenters. The first-order valence-corrected chi connectivity index (χ1v) is 6.23. The monoisotopic (exact) mass is 271 g/mol. The van der Waals surface area contributed by atoms with Crippen molar-refractivity contribution < 1.29 is 24.2 Å². The number of morpholine rings is 1. The highest BCUT2D eigenvalue weighted by atomic mass is 16.5. The number of amides is 3. The van der Waals surface area contributed by atoms with Gasteiger partial charge in [0.1, 0.15) is 0 Å². The lowest BCUT2D eigenvalue weighted by molar-refractivity contribution is -0.154. The molecule has 2 aliphatic heterocycles. The summed E-state index contributed by atoms with van der Waals surface area (Å²) in [6.45, 7) is 0.981.